The number of nitrogens with zero attached hydrogens (tertiary/aromatic N) is 2. The van der Waals surface area contributed by atoms with E-state index in [2.05, 4.69) is 47.2 Å². The number of fused-ring (bicyclic) bond motifs is 2. The average molecular weight is 399 g/mol. The van der Waals surface area contributed by atoms with E-state index in [0.717, 1.165) is 30.3 Å². The first kappa shape index (κ1) is 18.5. The van der Waals surface area contributed by atoms with Crippen molar-refractivity contribution in [1.29, 1.82) is 0 Å². The third-order valence-corrected chi connectivity index (χ3v) is 8.16. The normalized spacial score (nSPS) is 27.3. The van der Waals surface area contributed by atoms with Gasteiger partial charge in [0, 0.05) is 22.8 Å². The molecule has 0 radical (unpaired) electrons. The predicted octanol–water partition coefficient (Wildman–Crippen LogP) is 3.43. The molecule has 0 spiro atoms. The molecule has 3 fully saturated rings. The van der Waals surface area contributed by atoms with Gasteiger partial charge >= 0.3 is 0 Å². The highest BCUT2D eigenvalue weighted by atomic mass is 32.2. The molecule has 2 aromatic heterocycles. The SMILES string of the molecule is CC(C)(NC(=O)C1[C@H]2CNC[C@@H]12)c1ncc2c(SCC3CCCC3)cccn12. The van der Waals surface area contributed by atoms with E-state index in [9.17, 15) is 4.79 Å². The third kappa shape index (κ3) is 3.24. The van der Waals surface area contributed by atoms with Gasteiger partial charge in [-0.1, -0.05) is 12.8 Å². The molecule has 150 valence electrons. The van der Waals surface area contributed by atoms with Crippen molar-refractivity contribution in [2.24, 2.45) is 23.7 Å². The standard InChI is InChI=1S/C22H30N4OS/c1-22(2,25-20(27)19-15-10-23-11-16(15)19)21-24-12-17-18(8-5-9-26(17)21)28-13-14-6-3-4-7-14/h5,8-9,12,14-16,19,23H,3-4,6-7,10-11,13H2,1-2H3,(H,25,27)/t15-,16+,19?. The van der Waals surface area contributed by atoms with E-state index in [1.165, 1.54) is 36.3 Å². The van der Waals surface area contributed by atoms with Gasteiger partial charge in [-0.2, -0.15) is 0 Å². The van der Waals surface area contributed by atoms with E-state index in [1.807, 2.05) is 18.0 Å². The molecule has 3 aliphatic rings. The Labute approximate surface area is 171 Å². The molecule has 5 rings (SSSR count). The van der Waals surface area contributed by atoms with Gasteiger partial charge in [-0.25, -0.2) is 4.98 Å². The van der Waals surface area contributed by atoms with Crippen LogP contribution in [0.5, 0.6) is 0 Å². The number of hydrogen-bond acceptors (Lipinski definition) is 4. The number of piperidine rings is 1. The van der Waals surface area contributed by atoms with Gasteiger partial charge in [0.1, 0.15) is 5.82 Å². The fourth-order valence-corrected chi connectivity index (χ4v) is 6.44. The Hall–Kier alpha value is -1.53. The number of hydrogen-bond donors (Lipinski definition) is 2. The van der Waals surface area contributed by atoms with Gasteiger partial charge in [-0.05, 0) is 69.7 Å². The lowest BCUT2D eigenvalue weighted by Gasteiger charge is -2.26. The highest BCUT2D eigenvalue weighted by Crippen LogP contribution is 2.49. The topological polar surface area (TPSA) is 58.4 Å². The molecule has 2 aromatic rings. The van der Waals surface area contributed by atoms with Crippen LogP contribution in [0.15, 0.2) is 29.4 Å². The molecule has 2 aliphatic carbocycles. The predicted molar refractivity (Wildman–Crippen MR) is 112 cm³/mol. The van der Waals surface area contributed by atoms with Crippen molar-refractivity contribution in [1.82, 2.24) is 20.0 Å². The number of pyridine rings is 1. The number of rotatable bonds is 6. The summed E-state index contributed by atoms with van der Waals surface area (Å²) >= 11 is 1.96. The Kier molecular flexibility index (Phi) is 4.67. The summed E-state index contributed by atoms with van der Waals surface area (Å²) in [5.74, 6) is 4.39. The number of carbonyl (C=O) groups is 1. The fraction of sp³-hybridized carbons (Fsp3) is 0.636. The first-order valence-corrected chi connectivity index (χ1v) is 11.7. The maximum atomic E-state index is 12.8. The van der Waals surface area contributed by atoms with Crippen LogP contribution in [0.3, 0.4) is 0 Å². The van der Waals surface area contributed by atoms with Crippen molar-refractivity contribution >= 4 is 23.2 Å². The largest absolute Gasteiger partial charge is 0.344 e. The summed E-state index contributed by atoms with van der Waals surface area (Å²) in [4.78, 5) is 18.8. The van der Waals surface area contributed by atoms with Crippen molar-refractivity contribution in [3.05, 3.63) is 30.4 Å². The molecule has 3 heterocycles. The number of thioether (sulfide) groups is 1. The molecule has 5 nitrogen and oxygen atoms in total. The minimum Gasteiger partial charge on any atom is -0.344 e. The van der Waals surface area contributed by atoms with Gasteiger partial charge in [0.05, 0.1) is 17.3 Å². The molecule has 1 aliphatic heterocycles. The second-order valence-corrected chi connectivity index (χ2v) is 10.4. The lowest BCUT2D eigenvalue weighted by atomic mass is 10.0. The van der Waals surface area contributed by atoms with Gasteiger partial charge in [-0.3, -0.25) is 4.79 Å². The van der Waals surface area contributed by atoms with Gasteiger partial charge < -0.3 is 15.0 Å². The molecule has 28 heavy (non-hydrogen) atoms. The van der Waals surface area contributed by atoms with Gasteiger partial charge in [0.2, 0.25) is 5.91 Å². The molecular formula is C22H30N4OS. The monoisotopic (exact) mass is 398 g/mol. The van der Waals surface area contributed by atoms with E-state index in [4.69, 9.17) is 4.98 Å². The molecule has 1 amide bonds. The molecule has 1 saturated heterocycles. The third-order valence-electron chi connectivity index (χ3n) is 6.87. The van der Waals surface area contributed by atoms with Crippen LogP contribution in [-0.2, 0) is 10.3 Å². The van der Waals surface area contributed by atoms with Gasteiger partial charge in [-0.15, -0.1) is 11.8 Å². The van der Waals surface area contributed by atoms with E-state index in [0.29, 0.717) is 11.8 Å². The molecular weight excluding hydrogens is 368 g/mol. The van der Waals surface area contributed by atoms with Gasteiger partial charge in [0.25, 0.3) is 0 Å². The molecule has 1 unspecified atom stereocenters. The smallest absolute Gasteiger partial charge is 0.224 e. The van der Waals surface area contributed by atoms with E-state index in [-0.39, 0.29) is 11.8 Å². The maximum absolute atomic E-state index is 12.8. The van der Waals surface area contributed by atoms with Crippen LogP contribution < -0.4 is 10.6 Å². The second kappa shape index (κ2) is 7.06. The van der Waals surface area contributed by atoms with Crippen LogP contribution >= 0.6 is 11.8 Å². The second-order valence-electron chi connectivity index (χ2n) is 9.30. The number of carbonyl (C=O) groups excluding carboxylic acids is 1. The van der Waals surface area contributed by atoms with E-state index < -0.39 is 5.54 Å². The van der Waals surface area contributed by atoms with Crippen LogP contribution in [0, 0.1) is 23.7 Å². The zero-order valence-electron chi connectivity index (χ0n) is 16.8. The van der Waals surface area contributed by atoms with Crippen molar-refractivity contribution in [3.8, 4) is 0 Å². The quantitative estimate of drug-likeness (QED) is 0.732. The van der Waals surface area contributed by atoms with Gasteiger partial charge in [0.15, 0.2) is 0 Å². The van der Waals surface area contributed by atoms with Crippen molar-refractivity contribution in [3.63, 3.8) is 0 Å². The van der Waals surface area contributed by atoms with E-state index >= 15 is 0 Å². The Morgan fingerprint density at radius 1 is 1.32 bits per heavy atom. The number of aromatic nitrogens is 2. The average Bonchev–Trinajstić information content (AvgIpc) is 3.18. The van der Waals surface area contributed by atoms with Crippen LogP contribution in [-0.4, -0.2) is 34.1 Å². The summed E-state index contributed by atoms with van der Waals surface area (Å²) in [5, 5.41) is 6.64. The Balaban J connectivity index is 1.33. The van der Waals surface area contributed by atoms with Crippen LogP contribution in [0.4, 0.5) is 0 Å². The number of nitrogens with one attached hydrogen (secondary N) is 2. The van der Waals surface area contributed by atoms with E-state index in [1.54, 1.807) is 0 Å². The lowest BCUT2D eigenvalue weighted by Crippen LogP contribution is -2.44. The molecule has 0 aromatic carbocycles. The molecule has 2 saturated carbocycles. The van der Waals surface area contributed by atoms with Crippen molar-refractivity contribution in [2.45, 2.75) is 50.0 Å². The molecule has 3 atom stereocenters. The molecule has 2 N–H and O–H groups in total. The maximum Gasteiger partial charge on any atom is 0.224 e. The van der Waals surface area contributed by atoms with Crippen LogP contribution in [0.25, 0.3) is 5.52 Å². The van der Waals surface area contributed by atoms with Crippen molar-refractivity contribution < 1.29 is 4.79 Å². The lowest BCUT2D eigenvalue weighted by molar-refractivity contribution is -0.124. The summed E-state index contributed by atoms with van der Waals surface area (Å²) < 4.78 is 2.16. The summed E-state index contributed by atoms with van der Waals surface area (Å²) in [6.45, 7) is 6.09. The first-order chi connectivity index (χ1) is 13.5. The number of amides is 1. The molecule has 6 heteroatoms. The number of imidazole rings is 1. The van der Waals surface area contributed by atoms with Crippen molar-refractivity contribution in [2.75, 3.05) is 18.8 Å². The summed E-state index contributed by atoms with van der Waals surface area (Å²) in [6.07, 6.45) is 9.56. The minimum atomic E-state index is -0.497. The Morgan fingerprint density at radius 2 is 2.07 bits per heavy atom. The molecule has 0 bridgehead atoms. The highest BCUT2D eigenvalue weighted by molar-refractivity contribution is 7.99. The zero-order chi connectivity index (χ0) is 19.3. The highest BCUT2D eigenvalue weighted by Gasteiger charge is 2.57. The zero-order valence-corrected chi connectivity index (χ0v) is 17.6. The first-order valence-electron chi connectivity index (χ1n) is 10.7. The minimum absolute atomic E-state index is 0.185. The van der Waals surface area contributed by atoms with Crippen LogP contribution in [0.1, 0.15) is 45.4 Å². The Morgan fingerprint density at radius 3 is 2.82 bits per heavy atom. The summed E-state index contributed by atoms with van der Waals surface area (Å²) in [6, 6.07) is 4.30. The fourth-order valence-electron chi connectivity index (χ4n) is 5.22. The van der Waals surface area contributed by atoms with Crippen LogP contribution in [0.2, 0.25) is 0 Å². The summed E-state index contributed by atoms with van der Waals surface area (Å²) in [7, 11) is 0. The summed E-state index contributed by atoms with van der Waals surface area (Å²) in [5.41, 5.74) is 0.651. The Bertz CT molecular complexity index is 876.